The van der Waals surface area contributed by atoms with Crippen LogP contribution in [-0.4, -0.2) is 22.8 Å². The van der Waals surface area contributed by atoms with Crippen LogP contribution >= 0.6 is 11.3 Å². The third-order valence-corrected chi connectivity index (χ3v) is 5.05. The molecule has 1 aromatic carbocycles. The third-order valence-electron chi connectivity index (χ3n) is 3.93. The van der Waals surface area contributed by atoms with Crippen LogP contribution in [0.2, 0.25) is 0 Å². The quantitative estimate of drug-likeness (QED) is 0.858. The van der Waals surface area contributed by atoms with Crippen LogP contribution in [0.1, 0.15) is 40.2 Å². The molecular formula is C18H19NO5S. The van der Waals surface area contributed by atoms with E-state index in [4.69, 9.17) is 9.47 Å². The predicted octanol–water partition coefficient (Wildman–Crippen LogP) is 4.05. The van der Waals surface area contributed by atoms with E-state index in [1.165, 1.54) is 11.3 Å². The Labute approximate surface area is 149 Å². The summed E-state index contributed by atoms with van der Waals surface area (Å²) in [6.45, 7) is 4.30. The van der Waals surface area contributed by atoms with Gasteiger partial charge in [-0.3, -0.25) is 5.32 Å². The van der Waals surface area contributed by atoms with E-state index in [1.54, 1.807) is 0 Å². The molecule has 2 N–H and O–H groups in total. The number of carboxylic acid groups (broad SMARTS) is 1. The van der Waals surface area contributed by atoms with Gasteiger partial charge >= 0.3 is 12.1 Å². The maximum absolute atomic E-state index is 12.0. The van der Waals surface area contributed by atoms with Crippen LogP contribution in [0.25, 0.3) is 0 Å². The highest BCUT2D eigenvalue weighted by atomic mass is 32.1. The molecule has 25 heavy (non-hydrogen) atoms. The number of carbonyl (C=O) groups excluding carboxylic acids is 1. The normalized spacial score (nSPS) is 15.3. The van der Waals surface area contributed by atoms with Crippen LogP contribution in [0.4, 0.5) is 9.80 Å². The molecule has 0 unspecified atom stereocenters. The summed E-state index contributed by atoms with van der Waals surface area (Å²) in [7, 11) is 0. The molecule has 0 atom stereocenters. The summed E-state index contributed by atoms with van der Waals surface area (Å²) in [5.74, 6) is -1.06. The zero-order valence-corrected chi connectivity index (χ0v) is 14.8. The average molecular weight is 361 g/mol. The van der Waals surface area contributed by atoms with E-state index in [0.29, 0.717) is 13.0 Å². The van der Waals surface area contributed by atoms with Gasteiger partial charge in [0.05, 0.1) is 17.8 Å². The Morgan fingerprint density at radius 3 is 2.72 bits per heavy atom. The van der Waals surface area contributed by atoms with Gasteiger partial charge in [-0.15, -0.1) is 11.3 Å². The molecule has 6 nitrogen and oxygen atoms in total. The molecule has 0 bridgehead atoms. The van der Waals surface area contributed by atoms with Crippen molar-refractivity contribution in [3.63, 3.8) is 0 Å². The lowest BCUT2D eigenvalue weighted by Crippen LogP contribution is -2.31. The number of carbonyl (C=O) groups is 2. The number of rotatable bonds is 4. The van der Waals surface area contributed by atoms with Crippen molar-refractivity contribution >= 4 is 28.4 Å². The number of benzene rings is 1. The lowest BCUT2D eigenvalue weighted by atomic mass is 9.93. The molecule has 1 aliphatic rings. The van der Waals surface area contributed by atoms with Crippen LogP contribution in [0.3, 0.4) is 0 Å². The minimum absolute atomic E-state index is 0.121. The number of hydrogen-bond donors (Lipinski definition) is 2. The van der Waals surface area contributed by atoms with E-state index in [2.05, 4.69) is 5.32 Å². The van der Waals surface area contributed by atoms with Gasteiger partial charge in [-0.2, -0.15) is 0 Å². The highest BCUT2D eigenvalue weighted by molar-refractivity contribution is 7.16. The number of hydrogen-bond acceptors (Lipinski definition) is 5. The Kier molecular flexibility index (Phi) is 4.78. The van der Waals surface area contributed by atoms with E-state index in [1.807, 2.05) is 44.2 Å². The van der Waals surface area contributed by atoms with E-state index < -0.39 is 17.7 Å². The molecule has 3 rings (SSSR count). The Hall–Kier alpha value is -2.38. The molecule has 132 valence electrons. The van der Waals surface area contributed by atoms with E-state index in [0.717, 1.165) is 16.0 Å². The fraction of sp³-hybridized carbons (Fsp3) is 0.333. The summed E-state index contributed by atoms with van der Waals surface area (Å²) in [6, 6.07) is 9.28. The highest BCUT2D eigenvalue weighted by Gasteiger charge is 2.33. The summed E-state index contributed by atoms with van der Waals surface area (Å²) in [6.07, 6.45) is -0.188. The number of amides is 1. The van der Waals surface area contributed by atoms with Crippen LogP contribution in [0.5, 0.6) is 0 Å². The molecule has 2 heterocycles. The fourth-order valence-corrected chi connectivity index (χ4v) is 3.83. The predicted molar refractivity (Wildman–Crippen MR) is 94.1 cm³/mol. The highest BCUT2D eigenvalue weighted by Crippen LogP contribution is 2.40. The number of aromatic carboxylic acids is 1. The topological polar surface area (TPSA) is 84.9 Å². The van der Waals surface area contributed by atoms with Gasteiger partial charge in [0.15, 0.2) is 0 Å². The summed E-state index contributed by atoms with van der Waals surface area (Å²) in [5.41, 5.74) is 1.29. The summed E-state index contributed by atoms with van der Waals surface area (Å²) in [4.78, 5) is 24.6. The second-order valence-electron chi connectivity index (χ2n) is 6.42. The lowest BCUT2D eigenvalue weighted by Gasteiger charge is -2.30. The van der Waals surface area contributed by atoms with Gasteiger partial charge in [0, 0.05) is 11.3 Å². The van der Waals surface area contributed by atoms with Crippen LogP contribution in [-0.2, 0) is 29.1 Å². The molecule has 0 aliphatic carbocycles. The summed E-state index contributed by atoms with van der Waals surface area (Å²) >= 11 is 1.22. The van der Waals surface area contributed by atoms with Crippen molar-refractivity contribution in [3.8, 4) is 0 Å². The average Bonchev–Trinajstić information content (AvgIpc) is 2.89. The van der Waals surface area contributed by atoms with Gasteiger partial charge in [-0.1, -0.05) is 30.3 Å². The number of carboxylic acids is 1. The number of anilines is 1. The minimum Gasteiger partial charge on any atom is -0.478 e. The number of ether oxygens (including phenoxy) is 2. The second kappa shape index (κ2) is 6.85. The molecule has 0 saturated carbocycles. The molecule has 0 spiro atoms. The standard InChI is InChI=1S/C18H19NO5S/c1-18(2)8-12-13(10-24-18)25-15(14(12)16(20)21)19-17(22)23-9-11-6-4-3-5-7-11/h3-7H,8-10H2,1-2H3,(H,19,22)(H,20,21). The van der Waals surface area contributed by atoms with Crippen molar-refractivity contribution in [1.29, 1.82) is 0 Å². The van der Waals surface area contributed by atoms with Gasteiger partial charge in [-0.25, -0.2) is 9.59 Å². The van der Waals surface area contributed by atoms with Crippen molar-refractivity contribution in [2.45, 2.75) is 39.1 Å². The summed E-state index contributed by atoms with van der Waals surface area (Å²) < 4.78 is 10.9. The zero-order chi connectivity index (χ0) is 18.0. The van der Waals surface area contributed by atoms with Crippen molar-refractivity contribution in [2.75, 3.05) is 5.32 Å². The first-order valence-corrected chi connectivity index (χ1v) is 8.67. The Morgan fingerprint density at radius 2 is 2.04 bits per heavy atom. The molecular weight excluding hydrogens is 342 g/mol. The van der Waals surface area contributed by atoms with Gasteiger partial charge in [0.1, 0.15) is 11.6 Å². The first-order chi connectivity index (χ1) is 11.9. The number of fused-ring (bicyclic) bond motifs is 1. The number of nitrogens with one attached hydrogen (secondary N) is 1. The van der Waals surface area contributed by atoms with E-state index in [-0.39, 0.29) is 17.2 Å². The molecule has 1 aromatic heterocycles. The third kappa shape index (κ3) is 4.00. The molecule has 1 amide bonds. The molecule has 0 radical (unpaired) electrons. The molecule has 0 fully saturated rings. The maximum atomic E-state index is 12.0. The van der Waals surface area contributed by atoms with Crippen molar-refractivity contribution in [2.24, 2.45) is 0 Å². The second-order valence-corrected chi connectivity index (χ2v) is 7.53. The Morgan fingerprint density at radius 1 is 1.32 bits per heavy atom. The van der Waals surface area contributed by atoms with E-state index in [9.17, 15) is 14.7 Å². The van der Waals surface area contributed by atoms with Gasteiger partial charge in [0.2, 0.25) is 0 Å². The SMILES string of the molecule is CC1(C)Cc2c(sc(NC(=O)OCc3ccccc3)c2C(=O)O)CO1. The van der Waals surface area contributed by atoms with Crippen molar-refractivity contribution in [3.05, 3.63) is 51.9 Å². The van der Waals surface area contributed by atoms with Gasteiger partial charge in [-0.05, 0) is 25.0 Å². The zero-order valence-electron chi connectivity index (χ0n) is 14.0. The Bertz CT molecular complexity index is 797. The van der Waals surface area contributed by atoms with Crippen LogP contribution in [0, 0.1) is 0 Å². The molecule has 2 aromatic rings. The first kappa shape index (κ1) is 17.4. The fourth-order valence-electron chi connectivity index (χ4n) is 2.72. The first-order valence-electron chi connectivity index (χ1n) is 7.85. The smallest absolute Gasteiger partial charge is 0.412 e. The largest absolute Gasteiger partial charge is 0.478 e. The maximum Gasteiger partial charge on any atom is 0.412 e. The Balaban J connectivity index is 1.75. The minimum atomic E-state index is -1.06. The van der Waals surface area contributed by atoms with Crippen LogP contribution in [0.15, 0.2) is 30.3 Å². The lowest BCUT2D eigenvalue weighted by molar-refractivity contribution is -0.0384. The van der Waals surface area contributed by atoms with Gasteiger partial charge < -0.3 is 14.6 Å². The number of thiophene rings is 1. The van der Waals surface area contributed by atoms with Gasteiger partial charge in [0.25, 0.3) is 0 Å². The van der Waals surface area contributed by atoms with Crippen LogP contribution < -0.4 is 5.32 Å². The monoisotopic (exact) mass is 361 g/mol. The molecule has 0 saturated heterocycles. The molecule has 7 heteroatoms. The molecule has 1 aliphatic heterocycles. The van der Waals surface area contributed by atoms with E-state index >= 15 is 0 Å². The van der Waals surface area contributed by atoms with Crippen molar-refractivity contribution in [1.82, 2.24) is 0 Å². The van der Waals surface area contributed by atoms with Crippen molar-refractivity contribution < 1.29 is 24.2 Å². The summed E-state index contributed by atoms with van der Waals surface area (Å²) in [5, 5.41) is 12.4.